The zero-order chi connectivity index (χ0) is 35.3. The van der Waals surface area contributed by atoms with Crippen molar-refractivity contribution in [1.82, 2.24) is 4.78 Å². The highest BCUT2D eigenvalue weighted by atomic mass is 32.4. The summed E-state index contributed by atoms with van der Waals surface area (Å²) in [6, 6.07) is 14.4. The summed E-state index contributed by atoms with van der Waals surface area (Å²) in [7, 11) is -0.0577. The number of benzene rings is 2. The first kappa shape index (κ1) is 40.6. The molecule has 0 aliphatic carbocycles. The van der Waals surface area contributed by atoms with Crippen LogP contribution in [0.3, 0.4) is 0 Å². The molecule has 47 heavy (non-hydrogen) atoms. The predicted molar refractivity (Wildman–Crippen MR) is 190 cm³/mol. The molecule has 0 fully saturated rings. The van der Waals surface area contributed by atoms with Gasteiger partial charge in [0.15, 0.2) is 17.5 Å². The monoisotopic (exact) mass is 731 g/mol. The Hall–Kier alpha value is -2.56. The normalized spacial score (nSPS) is 13.9. The van der Waals surface area contributed by atoms with E-state index in [0.717, 1.165) is 5.56 Å². The summed E-state index contributed by atoms with van der Waals surface area (Å²) in [4.78, 5) is 4.45. The van der Waals surface area contributed by atoms with Gasteiger partial charge < -0.3 is 32.5 Å². The topological polar surface area (TPSA) is 157 Å². The molecule has 0 heterocycles. The first-order chi connectivity index (χ1) is 22.2. The molecule has 18 heteroatoms. The Bertz CT molecular complexity index is 1450. The molecule has 0 radical (unpaired) electrons. The van der Waals surface area contributed by atoms with Crippen molar-refractivity contribution < 1.29 is 36.7 Å². The van der Waals surface area contributed by atoms with Gasteiger partial charge in [-0.25, -0.2) is 0 Å². The molecule has 0 N–H and O–H groups in total. The minimum Gasteiger partial charge on any atom is -0.481 e. The molecule has 0 aliphatic rings. The zero-order valence-corrected chi connectivity index (χ0v) is 31.9. The van der Waals surface area contributed by atoms with Gasteiger partial charge in [-0.3, -0.25) is 9.13 Å². The lowest BCUT2D eigenvalue weighted by Crippen LogP contribution is -2.33. The molecule has 2 aromatic rings. The molecular formula is C29H46N6O8P3S+. The average Bonchev–Trinajstić information content (AvgIpc) is 3.09. The van der Waals surface area contributed by atoms with E-state index in [0.29, 0.717) is 36.4 Å². The molecule has 14 nitrogen and oxygen atoms in total. The summed E-state index contributed by atoms with van der Waals surface area (Å²) in [5.74, 6) is 1.15. The summed E-state index contributed by atoms with van der Waals surface area (Å²) in [5, 5.41) is 7.67. The third-order valence-electron chi connectivity index (χ3n) is 7.53. The summed E-state index contributed by atoms with van der Waals surface area (Å²) in [5.41, 5.74) is 9.28. The van der Waals surface area contributed by atoms with Crippen LogP contribution in [0.4, 0.5) is 5.69 Å². The van der Waals surface area contributed by atoms with E-state index < -0.39 is 33.1 Å². The van der Waals surface area contributed by atoms with E-state index in [2.05, 4.69) is 15.1 Å². The maximum absolute atomic E-state index is 13.0. The molecule has 260 valence electrons. The number of hydrogen-bond acceptors (Lipinski definition) is 12. The van der Waals surface area contributed by atoms with Crippen molar-refractivity contribution in [3.8, 4) is 11.5 Å². The number of hydrazone groups is 1. The second-order valence-corrected chi connectivity index (χ2v) is 17.9. The Morgan fingerprint density at radius 2 is 1.32 bits per heavy atom. The van der Waals surface area contributed by atoms with E-state index in [-0.39, 0.29) is 12.6 Å². The second kappa shape index (κ2) is 18.3. The third-order valence-corrected chi connectivity index (χ3v) is 14.9. The fourth-order valence-corrected chi connectivity index (χ4v) is 8.94. The number of hydrogen-bond donors (Lipinski definition) is 0. The van der Waals surface area contributed by atoms with Gasteiger partial charge in [-0.15, -0.1) is 9.88 Å². The minimum atomic E-state index is -3.52. The van der Waals surface area contributed by atoms with Gasteiger partial charge in [-0.05, 0) is 78.1 Å². The van der Waals surface area contributed by atoms with Crippen molar-refractivity contribution in [2.75, 3.05) is 53.0 Å². The maximum Gasteiger partial charge on any atom is 0.358 e. The van der Waals surface area contributed by atoms with Crippen LogP contribution in [0.15, 0.2) is 58.7 Å². The number of rotatable bonds is 21. The Morgan fingerprint density at radius 1 is 0.851 bits per heavy atom. The van der Waals surface area contributed by atoms with Crippen LogP contribution < -0.4 is 14.4 Å². The van der Waals surface area contributed by atoms with Gasteiger partial charge in [-0.2, -0.15) is 0 Å². The zero-order valence-electron chi connectivity index (χ0n) is 28.4. The van der Waals surface area contributed by atoms with E-state index in [9.17, 15) is 9.13 Å². The Balaban J connectivity index is 2.25. The van der Waals surface area contributed by atoms with Crippen molar-refractivity contribution >= 4 is 45.7 Å². The van der Waals surface area contributed by atoms with E-state index in [4.69, 9.17) is 44.9 Å². The molecule has 2 rings (SSSR count). The van der Waals surface area contributed by atoms with Crippen molar-refractivity contribution in [3.05, 3.63) is 64.5 Å². The van der Waals surface area contributed by atoms with Gasteiger partial charge in [0.25, 0.3) is 5.34 Å². The predicted octanol–water partition coefficient (Wildman–Crippen LogP) is 8.91. The van der Waals surface area contributed by atoms with Crippen molar-refractivity contribution in [2.45, 2.75) is 58.0 Å². The Kier molecular flexibility index (Phi) is 15.8. The van der Waals surface area contributed by atoms with Crippen molar-refractivity contribution in [2.24, 2.45) is 10.2 Å². The van der Waals surface area contributed by atoms with Gasteiger partial charge in [0.1, 0.15) is 24.1 Å². The molecule has 0 spiro atoms. The van der Waals surface area contributed by atoms with Gasteiger partial charge in [0, 0.05) is 51.9 Å². The van der Waals surface area contributed by atoms with Gasteiger partial charge >= 0.3 is 22.0 Å². The van der Waals surface area contributed by atoms with Crippen molar-refractivity contribution in [1.29, 1.82) is 0 Å². The quantitative estimate of drug-likeness (QED) is 0.0301. The fourth-order valence-electron chi connectivity index (χ4n) is 4.25. The lowest BCUT2D eigenvalue weighted by Gasteiger charge is -2.30. The molecule has 0 bridgehead atoms. The highest BCUT2D eigenvalue weighted by Crippen LogP contribution is 2.53. The highest BCUT2D eigenvalue weighted by Gasteiger charge is 2.48. The Labute approximate surface area is 283 Å². The third kappa shape index (κ3) is 11.2. The lowest BCUT2D eigenvalue weighted by atomic mass is 10.2. The molecule has 0 saturated carbocycles. The van der Waals surface area contributed by atoms with Crippen LogP contribution in [0.1, 0.15) is 52.5 Å². The smallest absolute Gasteiger partial charge is 0.358 e. The van der Waals surface area contributed by atoms with Crippen LogP contribution in [0.5, 0.6) is 11.5 Å². The second-order valence-electron chi connectivity index (χ2n) is 10.4. The first-order valence-corrected chi connectivity index (χ1v) is 20.5. The van der Waals surface area contributed by atoms with E-state index in [1.165, 1.54) is 28.4 Å². The molecule has 2 atom stereocenters. The standard InChI is InChI=1S/C29H46N6O8P3S/c1-10-28(4,32-33-30)42-26-17-13-24(14-18-26)21-31-34(5)44(47)29(11-2,12-3)43-27-19-15-25(16-20-27)35(22-45(36,38-6)39-7)23-46(37,40-8)41-9/h13-21H,10-12,22-23H2,1-9H3/q+1/b31-21+/t28-/m1/s1. The molecule has 0 aliphatic heterocycles. The number of ether oxygens (including phenoxy) is 2. The van der Waals surface area contributed by atoms with Gasteiger partial charge in [0.2, 0.25) is 0 Å². The molecule has 0 amide bonds. The first-order valence-electron chi connectivity index (χ1n) is 14.8. The van der Waals surface area contributed by atoms with Crippen LogP contribution in [-0.2, 0) is 39.0 Å². The summed E-state index contributed by atoms with van der Waals surface area (Å²) < 4.78 is 60.7. The van der Waals surface area contributed by atoms with E-state index in [1.54, 1.807) is 59.2 Å². The SMILES string of the molecule is CCC(CC)(Oc1ccc(N(CP(=O)(OC)OC)CP(=O)(OC)OC)cc1)[P+](=S)N(C)/N=C/c1ccc(O[C@](C)(CC)N=[N+]=[N-])cc1. The van der Waals surface area contributed by atoms with Gasteiger partial charge in [0.05, 0.1) is 13.3 Å². The molecular weight excluding hydrogens is 685 g/mol. The summed E-state index contributed by atoms with van der Waals surface area (Å²) in [6.07, 6.45) is 3.13. The molecule has 1 unspecified atom stereocenters. The number of azide groups is 1. The molecule has 2 aromatic carbocycles. The summed E-state index contributed by atoms with van der Waals surface area (Å²) >= 11 is 6.03. The number of nitrogens with zero attached hydrogens (tertiary/aromatic N) is 6. The maximum atomic E-state index is 13.0. The lowest BCUT2D eigenvalue weighted by molar-refractivity contribution is 0.0921. The number of anilines is 1. The largest absolute Gasteiger partial charge is 0.481 e. The van der Waals surface area contributed by atoms with Crippen molar-refractivity contribution in [3.63, 3.8) is 0 Å². The van der Waals surface area contributed by atoms with Crippen LogP contribution in [0.2, 0.25) is 0 Å². The fraction of sp³-hybridized carbons (Fsp3) is 0.552. The highest BCUT2D eigenvalue weighted by molar-refractivity contribution is 8.04. The van der Waals surface area contributed by atoms with Crippen LogP contribution in [0.25, 0.3) is 10.4 Å². The van der Waals surface area contributed by atoms with E-state index in [1.807, 2.05) is 40.0 Å². The van der Waals surface area contributed by atoms with Crippen LogP contribution in [0, 0.1) is 0 Å². The van der Waals surface area contributed by atoms with Gasteiger partial charge in [-0.1, -0.05) is 20.8 Å². The summed E-state index contributed by atoms with van der Waals surface area (Å²) in [6.45, 7) is 6.34. The van der Waals surface area contributed by atoms with Crippen LogP contribution >= 0.6 is 22.0 Å². The Morgan fingerprint density at radius 3 is 1.74 bits per heavy atom. The van der Waals surface area contributed by atoms with E-state index >= 15 is 0 Å². The molecule has 0 saturated heterocycles. The molecule has 0 aromatic heterocycles. The van der Waals surface area contributed by atoms with Crippen LogP contribution in [-0.4, -0.2) is 70.1 Å². The minimum absolute atomic E-state index is 0.186. The average molecular weight is 732 g/mol.